The fraction of sp³-hybridized carbons (Fsp3) is 0.429. The lowest BCUT2D eigenvalue weighted by molar-refractivity contribution is -0.131. The van der Waals surface area contributed by atoms with Gasteiger partial charge in [-0.15, -0.1) is 0 Å². The zero-order chi connectivity index (χ0) is 13.6. The van der Waals surface area contributed by atoms with Gasteiger partial charge in [0, 0.05) is 4.47 Å². The van der Waals surface area contributed by atoms with Gasteiger partial charge >= 0.3 is 0 Å². The van der Waals surface area contributed by atoms with Gasteiger partial charge in [-0.05, 0) is 59.3 Å². The molecule has 1 N–H and O–H groups in total. The standard InChI is InChI=1S/C14H15BrN2O2/c1-8-2-5-10(15)11(6-8)17-7-12(18)16-13(14(17)19)9-3-4-9/h2,5-6,9,13H,3-4,7H2,1H3,(H,16,18). The van der Waals surface area contributed by atoms with E-state index >= 15 is 0 Å². The van der Waals surface area contributed by atoms with Gasteiger partial charge in [0.2, 0.25) is 11.8 Å². The number of hydrogen-bond donors (Lipinski definition) is 1. The van der Waals surface area contributed by atoms with Gasteiger partial charge in [0.05, 0.1) is 5.69 Å². The molecule has 3 rings (SSSR count). The first-order valence-electron chi connectivity index (χ1n) is 6.43. The number of carbonyl (C=O) groups is 2. The number of aryl methyl sites for hydroxylation is 1. The summed E-state index contributed by atoms with van der Waals surface area (Å²) in [5.74, 6) is 0.251. The molecular weight excluding hydrogens is 308 g/mol. The van der Waals surface area contributed by atoms with Gasteiger partial charge in [-0.1, -0.05) is 6.07 Å². The van der Waals surface area contributed by atoms with Gasteiger partial charge in [0.15, 0.2) is 0 Å². The normalized spacial score (nSPS) is 23.5. The van der Waals surface area contributed by atoms with Crippen LogP contribution in [0, 0.1) is 12.8 Å². The number of nitrogens with one attached hydrogen (secondary N) is 1. The quantitative estimate of drug-likeness (QED) is 0.905. The van der Waals surface area contributed by atoms with E-state index in [1.807, 2.05) is 25.1 Å². The number of benzene rings is 1. The second kappa shape index (κ2) is 4.63. The molecule has 0 spiro atoms. The largest absolute Gasteiger partial charge is 0.342 e. The van der Waals surface area contributed by atoms with Gasteiger partial charge in [0.25, 0.3) is 0 Å². The Kier molecular flexibility index (Phi) is 3.09. The third kappa shape index (κ3) is 2.39. The van der Waals surface area contributed by atoms with E-state index in [1.165, 1.54) is 0 Å². The van der Waals surface area contributed by atoms with Crippen LogP contribution in [0.2, 0.25) is 0 Å². The lowest BCUT2D eigenvalue weighted by Gasteiger charge is -2.33. The maximum atomic E-state index is 12.5. The van der Waals surface area contributed by atoms with Gasteiger partial charge < -0.3 is 10.2 Å². The molecule has 0 aromatic heterocycles. The molecule has 2 fully saturated rings. The molecule has 1 heterocycles. The predicted octanol–water partition coefficient (Wildman–Crippen LogP) is 2.00. The van der Waals surface area contributed by atoms with Crippen LogP contribution in [0.5, 0.6) is 0 Å². The van der Waals surface area contributed by atoms with Crippen molar-refractivity contribution in [2.75, 3.05) is 11.4 Å². The van der Waals surface area contributed by atoms with Crippen LogP contribution in [0.4, 0.5) is 5.69 Å². The van der Waals surface area contributed by atoms with E-state index in [0.717, 1.165) is 28.6 Å². The highest BCUT2D eigenvalue weighted by molar-refractivity contribution is 9.10. The Balaban J connectivity index is 1.95. The lowest BCUT2D eigenvalue weighted by atomic mass is 10.1. The van der Waals surface area contributed by atoms with Crippen molar-refractivity contribution in [1.29, 1.82) is 0 Å². The monoisotopic (exact) mass is 322 g/mol. The minimum atomic E-state index is -0.339. The van der Waals surface area contributed by atoms with Crippen LogP contribution in [0.15, 0.2) is 22.7 Å². The number of carbonyl (C=O) groups excluding carboxylic acids is 2. The molecular formula is C14H15BrN2O2. The van der Waals surface area contributed by atoms with E-state index in [-0.39, 0.29) is 24.4 Å². The minimum Gasteiger partial charge on any atom is -0.342 e. The van der Waals surface area contributed by atoms with Crippen LogP contribution in [0.1, 0.15) is 18.4 Å². The van der Waals surface area contributed by atoms with Gasteiger partial charge in [0.1, 0.15) is 12.6 Å². The molecule has 1 saturated carbocycles. The van der Waals surface area contributed by atoms with E-state index < -0.39 is 0 Å². The van der Waals surface area contributed by atoms with E-state index in [1.54, 1.807) is 4.90 Å². The van der Waals surface area contributed by atoms with Crippen LogP contribution >= 0.6 is 15.9 Å². The molecule has 4 nitrogen and oxygen atoms in total. The second-order valence-electron chi connectivity index (χ2n) is 5.26. The Morgan fingerprint density at radius 1 is 1.32 bits per heavy atom. The highest BCUT2D eigenvalue weighted by Gasteiger charge is 2.43. The summed E-state index contributed by atoms with van der Waals surface area (Å²) in [5.41, 5.74) is 1.85. The molecule has 1 aromatic carbocycles. The van der Waals surface area contributed by atoms with Crippen molar-refractivity contribution in [2.24, 2.45) is 5.92 Å². The number of anilines is 1. The topological polar surface area (TPSA) is 49.4 Å². The van der Waals surface area contributed by atoms with Crippen molar-refractivity contribution in [2.45, 2.75) is 25.8 Å². The van der Waals surface area contributed by atoms with Gasteiger partial charge in [-0.2, -0.15) is 0 Å². The molecule has 19 heavy (non-hydrogen) atoms. The summed E-state index contributed by atoms with van der Waals surface area (Å²) in [5, 5.41) is 2.82. The van der Waals surface area contributed by atoms with Crippen molar-refractivity contribution < 1.29 is 9.59 Å². The van der Waals surface area contributed by atoms with Gasteiger partial charge in [-0.3, -0.25) is 9.59 Å². The molecule has 1 aliphatic carbocycles. The number of hydrogen-bond acceptors (Lipinski definition) is 2. The average Bonchev–Trinajstić information content (AvgIpc) is 3.19. The molecule has 0 radical (unpaired) electrons. The van der Waals surface area contributed by atoms with Crippen molar-refractivity contribution in [3.8, 4) is 0 Å². The molecule has 1 unspecified atom stereocenters. The van der Waals surface area contributed by atoms with Gasteiger partial charge in [-0.25, -0.2) is 0 Å². The van der Waals surface area contributed by atoms with Crippen molar-refractivity contribution >= 4 is 33.4 Å². The first-order chi connectivity index (χ1) is 9.06. The van der Waals surface area contributed by atoms with Crippen LogP contribution in [-0.4, -0.2) is 24.4 Å². The minimum absolute atomic E-state index is 0.00778. The maximum Gasteiger partial charge on any atom is 0.250 e. The molecule has 1 aromatic rings. The fourth-order valence-corrected chi connectivity index (χ4v) is 2.91. The fourth-order valence-electron chi connectivity index (χ4n) is 2.45. The SMILES string of the molecule is Cc1ccc(Br)c(N2CC(=O)NC(C3CC3)C2=O)c1. The van der Waals surface area contributed by atoms with Crippen LogP contribution < -0.4 is 10.2 Å². The Bertz CT molecular complexity index is 554. The first kappa shape index (κ1) is 12.7. The highest BCUT2D eigenvalue weighted by atomic mass is 79.9. The maximum absolute atomic E-state index is 12.5. The Labute approximate surface area is 120 Å². The Morgan fingerprint density at radius 2 is 2.05 bits per heavy atom. The van der Waals surface area contributed by atoms with E-state index in [0.29, 0.717) is 5.92 Å². The molecule has 1 aliphatic heterocycles. The number of piperazine rings is 1. The van der Waals surface area contributed by atoms with Crippen LogP contribution in [0.3, 0.4) is 0 Å². The molecule has 0 bridgehead atoms. The zero-order valence-electron chi connectivity index (χ0n) is 10.6. The summed E-state index contributed by atoms with van der Waals surface area (Å²) in [6.07, 6.45) is 2.05. The summed E-state index contributed by atoms with van der Waals surface area (Å²) in [6, 6.07) is 5.48. The summed E-state index contributed by atoms with van der Waals surface area (Å²) in [6.45, 7) is 2.08. The van der Waals surface area contributed by atoms with Crippen molar-refractivity contribution in [3.63, 3.8) is 0 Å². The average molecular weight is 323 g/mol. The molecule has 1 atom stereocenters. The van der Waals surface area contributed by atoms with Crippen molar-refractivity contribution in [3.05, 3.63) is 28.2 Å². The number of rotatable bonds is 2. The molecule has 2 amide bonds. The van der Waals surface area contributed by atoms with Crippen molar-refractivity contribution in [1.82, 2.24) is 5.32 Å². The lowest BCUT2D eigenvalue weighted by Crippen LogP contribution is -2.59. The van der Waals surface area contributed by atoms with Crippen LogP contribution in [-0.2, 0) is 9.59 Å². The highest BCUT2D eigenvalue weighted by Crippen LogP contribution is 2.36. The second-order valence-corrected chi connectivity index (χ2v) is 6.12. The molecule has 2 aliphatic rings. The predicted molar refractivity (Wildman–Crippen MR) is 75.9 cm³/mol. The third-order valence-electron chi connectivity index (χ3n) is 3.64. The summed E-state index contributed by atoms with van der Waals surface area (Å²) >= 11 is 3.46. The first-order valence-corrected chi connectivity index (χ1v) is 7.22. The molecule has 5 heteroatoms. The number of nitrogens with zero attached hydrogens (tertiary/aromatic N) is 1. The van der Waals surface area contributed by atoms with Crippen LogP contribution in [0.25, 0.3) is 0 Å². The summed E-state index contributed by atoms with van der Waals surface area (Å²) in [7, 11) is 0. The van der Waals surface area contributed by atoms with E-state index in [9.17, 15) is 9.59 Å². The number of amides is 2. The van der Waals surface area contributed by atoms with E-state index in [4.69, 9.17) is 0 Å². The molecule has 100 valence electrons. The Hall–Kier alpha value is -1.36. The zero-order valence-corrected chi connectivity index (χ0v) is 12.2. The molecule has 1 saturated heterocycles. The van der Waals surface area contributed by atoms with E-state index in [2.05, 4.69) is 21.2 Å². The Morgan fingerprint density at radius 3 is 2.74 bits per heavy atom. The summed E-state index contributed by atoms with van der Waals surface area (Å²) in [4.78, 5) is 25.9. The smallest absolute Gasteiger partial charge is 0.250 e. The number of halogens is 1. The summed E-state index contributed by atoms with van der Waals surface area (Å²) < 4.78 is 0.843. The third-order valence-corrected chi connectivity index (χ3v) is 4.31.